The third kappa shape index (κ3) is 3.40. The predicted molar refractivity (Wildman–Crippen MR) is 119 cm³/mol. The molecule has 0 bridgehead atoms. The Morgan fingerprint density at radius 1 is 1.15 bits per heavy atom. The Balaban J connectivity index is 1.38. The van der Waals surface area contributed by atoms with Gasteiger partial charge in [0.05, 0.1) is 54.0 Å². The van der Waals surface area contributed by atoms with E-state index in [1.807, 2.05) is 33.9 Å². The lowest BCUT2D eigenvalue weighted by Crippen LogP contribution is -2.45. The molecule has 2 aliphatic rings. The molecule has 0 amide bonds. The van der Waals surface area contributed by atoms with Crippen LogP contribution in [0.25, 0.3) is 28.2 Å². The molecular formula is C23H25N9O. The molecule has 5 heterocycles. The highest BCUT2D eigenvalue weighted by Crippen LogP contribution is 2.46. The third-order valence-corrected chi connectivity index (χ3v) is 6.78. The number of rotatable bonds is 5. The van der Waals surface area contributed by atoms with Gasteiger partial charge in [0.2, 0.25) is 0 Å². The number of nitriles is 1. The first-order chi connectivity index (χ1) is 16.1. The SMILES string of the molecule is CC1CC(CC#N)(n2cc(-c3nc(-c4cnn(C5CCCCO5)n4)cn4nccc34)cn2)C1. The molecule has 0 N–H and O–H groups in total. The fraction of sp³-hybridized carbons (Fsp3) is 0.478. The van der Waals surface area contributed by atoms with E-state index in [0.29, 0.717) is 23.7 Å². The number of hydrogen-bond acceptors (Lipinski definition) is 7. The van der Waals surface area contributed by atoms with E-state index < -0.39 is 0 Å². The third-order valence-electron chi connectivity index (χ3n) is 6.78. The van der Waals surface area contributed by atoms with Gasteiger partial charge in [0.1, 0.15) is 11.4 Å². The summed E-state index contributed by atoms with van der Waals surface area (Å²) >= 11 is 0. The van der Waals surface area contributed by atoms with Crippen LogP contribution >= 0.6 is 0 Å². The van der Waals surface area contributed by atoms with Gasteiger partial charge >= 0.3 is 0 Å². The van der Waals surface area contributed by atoms with Gasteiger partial charge in [-0.15, -0.1) is 5.10 Å². The lowest BCUT2D eigenvalue weighted by Gasteiger charge is -2.45. The number of hydrogen-bond donors (Lipinski definition) is 0. The number of fused-ring (bicyclic) bond motifs is 1. The Bertz CT molecular complexity index is 1330. The van der Waals surface area contributed by atoms with Crippen molar-refractivity contribution in [1.82, 2.24) is 39.4 Å². The number of aromatic nitrogens is 8. The molecule has 4 aromatic rings. The summed E-state index contributed by atoms with van der Waals surface area (Å²) in [5, 5.41) is 27.5. The molecule has 1 saturated heterocycles. The Hall–Kier alpha value is -3.58. The molecule has 2 fully saturated rings. The molecule has 6 rings (SSSR count). The molecule has 1 aliphatic heterocycles. The van der Waals surface area contributed by atoms with Gasteiger partial charge in [-0.05, 0) is 44.1 Å². The van der Waals surface area contributed by atoms with E-state index in [1.165, 1.54) is 0 Å². The van der Waals surface area contributed by atoms with Gasteiger partial charge in [-0.3, -0.25) is 4.68 Å². The first kappa shape index (κ1) is 20.1. The summed E-state index contributed by atoms with van der Waals surface area (Å²) in [6, 6.07) is 4.28. The Labute approximate surface area is 190 Å². The fourth-order valence-corrected chi connectivity index (χ4v) is 5.20. The van der Waals surface area contributed by atoms with Crippen molar-refractivity contribution >= 4 is 5.52 Å². The topological polar surface area (TPSA) is 112 Å². The van der Waals surface area contributed by atoms with Crippen molar-refractivity contribution in [3.05, 3.63) is 37.1 Å². The number of nitrogens with zero attached hydrogens (tertiary/aromatic N) is 9. The molecule has 168 valence electrons. The van der Waals surface area contributed by atoms with Gasteiger partial charge in [-0.1, -0.05) is 6.92 Å². The molecule has 0 aromatic carbocycles. The zero-order valence-electron chi connectivity index (χ0n) is 18.5. The Kier molecular flexibility index (Phi) is 4.73. The van der Waals surface area contributed by atoms with E-state index in [9.17, 15) is 5.26 Å². The van der Waals surface area contributed by atoms with Crippen LogP contribution in [0, 0.1) is 17.2 Å². The van der Waals surface area contributed by atoms with E-state index in [4.69, 9.17) is 9.72 Å². The van der Waals surface area contributed by atoms with Crippen LogP contribution in [0.2, 0.25) is 0 Å². The minimum absolute atomic E-state index is 0.125. The van der Waals surface area contributed by atoms with Crippen LogP contribution in [0.1, 0.15) is 51.7 Å². The molecule has 10 nitrogen and oxygen atoms in total. The molecule has 10 heteroatoms. The lowest BCUT2D eigenvalue weighted by molar-refractivity contribution is -0.0479. The smallest absolute Gasteiger partial charge is 0.169 e. The van der Waals surface area contributed by atoms with Crippen molar-refractivity contribution in [3.63, 3.8) is 0 Å². The summed E-state index contributed by atoms with van der Waals surface area (Å²) < 4.78 is 9.58. The first-order valence-electron chi connectivity index (χ1n) is 11.5. The quantitative estimate of drug-likeness (QED) is 0.463. The minimum atomic E-state index is -0.219. The van der Waals surface area contributed by atoms with Gasteiger partial charge in [-0.25, -0.2) is 9.50 Å². The van der Waals surface area contributed by atoms with Crippen molar-refractivity contribution in [2.45, 2.75) is 57.2 Å². The van der Waals surface area contributed by atoms with Crippen LogP contribution in [0.5, 0.6) is 0 Å². The monoisotopic (exact) mass is 443 g/mol. The predicted octanol–water partition coefficient (Wildman–Crippen LogP) is 3.59. The second-order valence-electron chi connectivity index (χ2n) is 9.25. The molecule has 1 unspecified atom stereocenters. The minimum Gasteiger partial charge on any atom is -0.355 e. The highest BCUT2D eigenvalue weighted by molar-refractivity contribution is 5.77. The molecule has 1 aliphatic carbocycles. The van der Waals surface area contributed by atoms with Crippen LogP contribution in [0.15, 0.2) is 37.1 Å². The van der Waals surface area contributed by atoms with Crippen LogP contribution in [0.3, 0.4) is 0 Å². The zero-order valence-corrected chi connectivity index (χ0v) is 18.5. The zero-order chi connectivity index (χ0) is 22.4. The lowest BCUT2D eigenvalue weighted by atomic mass is 9.67. The van der Waals surface area contributed by atoms with Crippen molar-refractivity contribution in [2.24, 2.45) is 5.92 Å². The van der Waals surface area contributed by atoms with Crippen LogP contribution in [0.4, 0.5) is 0 Å². The molecule has 1 saturated carbocycles. The maximum atomic E-state index is 9.37. The molecule has 0 radical (unpaired) electrons. The van der Waals surface area contributed by atoms with Crippen molar-refractivity contribution in [3.8, 4) is 28.7 Å². The Morgan fingerprint density at radius 3 is 2.85 bits per heavy atom. The summed E-state index contributed by atoms with van der Waals surface area (Å²) in [7, 11) is 0. The largest absolute Gasteiger partial charge is 0.355 e. The standard InChI is InChI=1S/C23H25N9O/c1-16-10-23(11-16,6-7-24)31-14-17(12-26-31)22-20-5-8-25-30(20)15-19(28-22)18-13-27-32(29-18)21-4-2-3-9-33-21/h5,8,12-16,21H,2-4,6,9-11H2,1H3. The van der Waals surface area contributed by atoms with Gasteiger partial charge in [0, 0.05) is 18.4 Å². The molecule has 4 aromatic heterocycles. The van der Waals surface area contributed by atoms with Crippen molar-refractivity contribution in [1.29, 1.82) is 5.26 Å². The normalized spacial score (nSPS) is 25.1. The second-order valence-corrected chi connectivity index (χ2v) is 9.25. The van der Waals surface area contributed by atoms with E-state index in [2.05, 4.69) is 33.4 Å². The summed E-state index contributed by atoms with van der Waals surface area (Å²) in [5.74, 6) is 0.602. The van der Waals surface area contributed by atoms with Gasteiger partial charge in [0.25, 0.3) is 0 Å². The molecule has 0 spiro atoms. The highest BCUT2D eigenvalue weighted by Gasteiger charge is 2.44. The average molecular weight is 444 g/mol. The maximum Gasteiger partial charge on any atom is 0.169 e. The van der Waals surface area contributed by atoms with E-state index in [1.54, 1.807) is 17.2 Å². The second kappa shape index (κ2) is 7.78. The highest BCUT2D eigenvalue weighted by atomic mass is 16.5. The Morgan fingerprint density at radius 2 is 2.06 bits per heavy atom. The van der Waals surface area contributed by atoms with Crippen LogP contribution < -0.4 is 0 Å². The van der Waals surface area contributed by atoms with E-state index >= 15 is 0 Å². The van der Waals surface area contributed by atoms with Gasteiger partial charge in [-0.2, -0.15) is 25.4 Å². The van der Waals surface area contributed by atoms with Crippen molar-refractivity contribution < 1.29 is 4.74 Å². The van der Waals surface area contributed by atoms with E-state index in [0.717, 1.165) is 55.5 Å². The van der Waals surface area contributed by atoms with Crippen molar-refractivity contribution in [2.75, 3.05) is 6.61 Å². The number of ether oxygens (including phenoxy) is 1. The maximum absolute atomic E-state index is 9.37. The van der Waals surface area contributed by atoms with Gasteiger partial charge < -0.3 is 4.74 Å². The molecule has 1 atom stereocenters. The summed E-state index contributed by atoms with van der Waals surface area (Å²) in [6.07, 6.45) is 14.5. The van der Waals surface area contributed by atoms with Crippen LogP contribution in [-0.4, -0.2) is 46.0 Å². The van der Waals surface area contributed by atoms with Gasteiger partial charge in [0.15, 0.2) is 6.23 Å². The summed E-state index contributed by atoms with van der Waals surface area (Å²) in [5.41, 5.74) is 3.69. The summed E-state index contributed by atoms with van der Waals surface area (Å²) in [6.45, 7) is 2.95. The first-order valence-corrected chi connectivity index (χ1v) is 11.5. The average Bonchev–Trinajstić information content (AvgIpc) is 3.58. The summed E-state index contributed by atoms with van der Waals surface area (Å²) in [4.78, 5) is 6.58. The molecular weight excluding hydrogens is 418 g/mol. The fourth-order valence-electron chi connectivity index (χ4n) is 5.20. The van der Waals surface area contributed by atoms with E-state index in [-0.39, 0.29) is 11.8 Å². The van der Waals surface area contributed by atoms with Crippen LogP contribution in [-0.2, 0) is 10.3 Å². The molecule has 33 heavy (non-hydrogen) atoms.